The minimum Gasteiger partial charge on any atom is -0.478 e. The number of aromatic nitrogens is 1. The smallest absolute Gasteiger partial charge is 0.337 e. The molecule has 2 heterocycles. The first-order valence-electron chi connectivity index (χ1n) is 6.07. The molecule has 1 atom stereocenters. The molecule has 4 nitrogen and oxygen atoms in total. The van der Waals surface area contributed by atoms with E-state index in [0.29, 0.717) is 24.0 Å². The molecule has 3 rings (SSSR count). The van der Waals surface area contributed by atoms with Crippen LogP contribution in [0.3, 0.4) is 0 Å². The van der Waals surface area contributed by atoms with Gasteiger partial charge in [0.2, 0.25) is 0 Å². The van der Waals surface area contributed by atoms with Crippen LogP contribution in [0, 0.1) is 0 Å². The molecule has 1 saturated heterocycles. The maximum atomic E-state index is 11.1. The molecule has 2 fully saturated rings. The summed E-state index contributed by atoms with van der Waals surface area (Å²) in [7, 11) is 0. The zero-order valence-electron chi connectivity index (χ0n) is 9.56. The van der Waals surface area contributed by atoms with Gasteiger partial charge in [-0.05, 0) is 31.4 Å². The molecule has 1 aliphatic heterocycles. The van der Waals surface area contributed by atoms with Crippen LogP contribution in [0.5, 0.6) is 0 Å². The van der Waals surface area contributed by atoms with Crippen molar-refractivity contribution in [1.82, 2.24) is 4.98 Å². The maximum absolute atomic E-state index is 11.1. The van der Waals surface area contributed by atoms with E-state index < -0.39 is 5.97 Å². The van der Waals surface area contributed by atoms with Crippen LogP contribution in [0.15, 0.2) is 12.1 Å². The monoisotopic (exact) mass is 233 g/mol. The van der Waals surface area contributed by atoms with Gasteiger partial charge in [-0.3, -0.25) is 4.98 Å². The molecule has 0 radical (unpaired) electrons. The second kappa shape index (κ2) is 4.11. The van der Waals surface area contributed by atoms with Crippen molar-refractivity contribution in [3.63, 3.8) is 0 Å². The number of ether oxygens (including phenoxy) is 1. The van der Waals surface area contributed by atoms with E-state index in [-0.39, 0.29) is 0 Å². The summed E-state index contributed by atoms with van der Waals surface area (Å²) < 4.78 is 5.35. The second-order valence-electron chi connectivity index (χ2n) is 4.81. The molecule has 2 aliphatic rings. The van der Waals surface area contributed by atoms with E-state index in [2.05, 4.69) is 4.98 Å². The van der Waals surface area contributed by atoms with Crippen LogP contribution in [0.4, 0.5) is 0 Å². The molecule has 0 amide bonds. The lowest BCUT2D eigenvalue weighted by atomic mass is 10.0. The van der Waals surface area contributed by atoms with Crippen molar-refractivity contribution in [3.8, 4) is 0 Å². The average molecular weight is 233 g/mol. The van der Waals surface area contributed by atoms with Gasteiger partial charge in [-0.25, -0.2) is 4.79 Å². The standard InChI is InChI=1S/C13H15NO3/c15-13(16)10-3-4-11(9-5-6-17-7-9)14-12(10)8-1-2-8/h3-4,8-9H,1-2,5-7H2,(H,15,16). The highest BCUT2D eigenvalue weighted by atomic mass is 16.5. The number of rotatable bonds is 3. The van der Waals surface area contributed by atoms with Crippen molar-refractivity contribution in [2.24, 2.45) is 0 Å². The molecule has 0 spiro atoms. The van der Waals surface area contributed by atoms with Crippen LogP contribution in [0.1, 0.15) is 52.8 Å². The van der Waals surface area contributed by atoms with Crippen LogP contribution in [-0.2, 0) is 4.74 Å². The first-order chi connectivity index (χ1) is 8.25. The van der Waals surface area contributed by atoms with Gasteiger partial charge in [0.1, 0.15) is 0 Å². The predicted molar refractivity (Wildman–Crippen MR) is 61.3 cm³/mol. The van der Waals surface area contributed by atoms with Crippen LogP contribution < -0.4 is 0 Å². The van der Waals surface area contributed by atoms with Crippen molar-refractivity contribution >= 4 is 5.97 Å². The Morgan fingerprint density at radius 2 is 2.12 bits per heavy atom. The van der Waals surface area contributed by atoms with Gasteiger partial charge < -0.3 is 9.84 Å². The Bertz CT molecular complexity index is 448. The van der Waals surface area contributed by atoms with Gasteiger partial charge in [-0.2, -0.15) is 0 Å². The molecule has 1 saturated carbocycles. The molecular formula is C13H15NO3. The SMILES string of the molecule is O=C(O)c1ccc(C2CCOC2)nc1C1CC1. The molecule has 0 bridgehead atoms. The highest BCUT2D eigenvalue weighted by Gasteiger charge is 2.31. The topological polar surface area (TPSA) is 59.4 Å². The number of nitrogens with zero attached hydrogens (tertiary/aromatic N) is 1. The van der Waals surface area contributed by atoms with Crippen molar-refractivity contribution in [2.75, 3.05) is 13.2 Å². The molecule has 1 aromatic heterocycles. The molecule has 90 valence electrons. The minimum atomic E-state index is -0.867. The summed E-state index contributed by atoms with van der Waals surface area (Å²) in [6.07, 6.45) is 3.12. The summed E-state index contributed by atoms with van der Waals surface area (Å²) in [6.45, 7) is 1.50. The van der Waals surface area contributed by atoms with E-state index in [0.717, 1.165) is 37.3 Å². The fourth-order valence-electron chi connectivity index (χ4n) is 2.33. The number of carboxylic acids is 1. The zero-order valence-corrected chi connectivity index (χ0v) is 9.56. The number of aromatic carboxylic acids is 1. The number of pyridine rings is 1. The lowest BCUT2D eigenvalue weighted by Gasteiger charge is -2.11. The van der Waals surface area contributed by atoms with E-state index in [9.17, 15) is 4.79 Å². The van der Waals surface area contributed by atoms with Crippen molar-refractivity contribution in [2.45, 2.75) is 31.1 Å². The Labute approximate surface area is 99.6 Å². The van der Waals surface area contributed by atoms with Gasteiger partial charge in [0.05, 0.1) is 17.9 Å². The van der Waals surface area contributed by atoms with E-state index in [4.69, 9.17) is 9.84 Å². The molecule has 0 aromatic carbocycles. The third-order valence-electron chi connectivity index (χ3n) is 3.49. The largest absolute Gasteiger partial charge is 0.478 e. The molecule has 1 unspecified atom stereocenters. The molecule has 17 heavy (non-hydrogen) atoms. The summed E-state index contributed by atoms with van der Waals surface area (Å²) in [5.41, 5.74) is 2.14. The normalized spacial score (nSPS) is 23.9. The first-order valence-corrected chi connectivity index (χ1v) is 6.07. The van der Waals surface area contributed by atoms with Gasteiger partial charge in [-0.15, -0.1) is 0 Å². The Kier molecular flexibility index (Phi) is 2.59. The third kappa shape index (κ3) is 2.05. The quantitative estimate of drug-likeness (QED) is 0.869. The molecule has 1 aliphatic carbocycles. The summed E-state index contributed by atoms with van der Waals surface area (Å²) in [6, 6.07) is 3.55. The molecule has 1 N–H and O–H groups in total. The highest BCUT2D eigenvalue weighted by Crippen LogP contribution is 2.41. The first kappa shape index (κ1) is 10.7. The van der Waals surface area contributed by atoms with Crippen molar-refractivity contribution in [3.05, 3.63) is 29.1 Å². The Morgan fingerprint density at radius 3 is 2.71 bits per heavy atom. The predicted octanol–water partition coefficient (Wildman–Crippen LogP) is 2.16. The fraction of sp³-hybridized carbons (Fsp3) is 0.538. The number of hydrogen-bond donors (Lipinski definition) is 1. The van der Waals surface area contributed by atoms with Gasteiger partial charge in [0.15, 0.2) is 0 Å². The Hall–Kier alpha value is -1.42. The van der Waals surface area contributed by atoms with Gasteiger partial charge >= 0.3 is 5.97 Å². The molecule has 4 heteroatoms. The van der Waals surface area contributed by atoms with Gasteiger partial charge in [-0.1, -0.05) is 0 Å². The number of carboxylic acid groups (broad SMARTS) is 1. The number of hydrogen-bond acceptors (Lipinski definition) is 3. The van der Waals surface area contributed by atoms with E-state index >= 15 is 0 Å². The highest BCUT2D eigenvalue weighted by molar-refractivity contribution is 5.89. The maximum Gasteiger partial charge on any atom is 0.337 e. The summed E-state index contributed by atoms with van der Waals surface area (Å²) in [5, 5.41) is 9.13. The van der Waals surface area contributed by atoms with Crippen LogP contribution in [0.2, 0.25) is 0 Å². The summed E-state index contributed by atoms with van der Waals surface area (Å²) >= 11 is 0. The van der Waals surface area contributed by atoms with Crippen LogP contribution >= 0.6 is 0 Å². The zero-order chi connectivity index (χ0) is 11.8. The average Bonchev–Trinajstić information content (AvgIpc) is 3.03. The van der Waals surface area contributed by atoms with E-state index in [1.807, 2.05) is 6.07 Å². The second-order valence-corrected chi connectivity index (χ2v) is 4.81. The molecule has 1 aromatic rings. The number of carbonyl (C=O) groups is 1. The Morgan fingerprint density at radius 1 is 1.29 bits per heavy atom. The Balaban J connectivity index is 1.96. The molecular weight excluding hydrogens is 218 g/mol. The lowest BCUT2D eigenvalue weighted by molar-refractivity contribution is 0.0695. The van der Waals surface area contributed by atoms with E-state index in [1.165, 1.54) is 0 Å². The fourth-order valence-corrected chi connectivity index (χ4v) is 2.33. The third-order valence-corrected chi connectivity index (χ3v) is 3.49. The van der Waals surface area contributed by atoms with Crippen LogP contribution in [-0.4, -0.2) is 29.3 Å². The lowest BCUT2D eigenvalue weighted by Crippen LogP contribution is -2.08. The van der Waals surface area contributed by atoms with Crippen molar-refractivity contribution < 1.29 is 14.6 Å². The van der Waals surface area contributed by atoms with E-state index in [1.54, 1.807) is 6.07 Å². The van der Waals surface area contributed by atoms with Gasteiger partial charge in [0.25, 0.3) is 0 Å². The van der Waals surface area contributed by atoms with Crippen LogP contribution in [0.25, 0.3) is 0 Å². The summed E-state index contributed by atoms with van der Waals surface area (Å²) in [5.74, 6) is -0.160. The minimum absolute atomic E-state index is 0.343. The summed E-state index contributed by atoms with van der Waals surface area (Å²) in [4.78, 5) is 15.7. The van der Waals surface area contributed by atoms with Crippen molar-refractivity contribution in [1.29, 1.82) is 0 Å². The van der Waals surface area contributed by atoms with Gasteiger partial charge in [0, 0.05) is 24.1 Å².